The Kier molecular flexibility index (Phi) is 2.38. The molecule has 0 saturated heterocycles. The molecule has 0 aliphatic carbocycles. The van der Waals surface area contributed by atoms with Gasteiger partial charge < -0.3 is 0 Å². The van der Waals surface area contributed by atoms with Crippen molar-refractivity contribution in [1.82, 2.24) is 0 Å². The zero-order valence-electron chi connectivity index (χ0n) is 6.34. The lowest BCUT2D eigenvalue weighted by Gasteiger charge is -1.95. The molecule has 13 heavy (non-hydrogen) atoms. The summed E-state index contributed by atoms with van der Waals surface area (Å²) in [5.74, 6) is 0. The molecular formula is C6H5N3O4. The van der Waals surface area contributed by atoms with Gasteiger partial charge in [-0.25, -0.2) is 10.1 Å². The van der Waals surface area contributed by atoms with Crippen LogP contribution in [0.2, 0.25) is 0 Å². The third-order valence-corrected chi connectivity index (χ3v) is 1.30. The van der Waals surface area contributed by atoms with Gasteiger partial charge in [0.1, 0.15) is 5.69 Å². The van der Waals surface area contributed by atoms with Crippen molar-refractivity contribution in [3.8, 4) is 0 Å². The maximum Gasteiger partial charge on any atom is 0.269 e. The Morgan fingerprint density at radius 2 is 1.62 bits per heavy atom. The largest absolute Gasteiger partial charge is 0.269 e. The number of non-ortho nitro benzene ring substituents is 1. The number of hydrogen-bond donors (Lipinski definition) is 1. The molecule has 0 aliphatic heterocycles. The number of nitro benzene ring substituents is 1. The van der Waals surface area contributed by atoms with Crippen molar-refractivity contribution in [2.24, 2.45) is 0 Å². The molecule has 0 saturated carbocycles. The van der Waals surface area contributed by atoms with E-state index >= 15 is 0 Å². The molecule has 1 rings (SSSR count). The van der Waals surface area contributed by atoms with Gasteiger partial charge in [0.2, 0.25) is 0 Å². The number of hydrogen-bond acceptors (Lipinski definition) is 4. The van der Waals surface area contributed by atoms with Crippen LogP contribution in [0.3, 0.4) is 0 Å². The van der Waals surface area contributed by atoms with Gasteiger partial charge in [-0.15, -0.1) is 5.43 Å². The highest BCUT2D eigenvalue weighted by molar-refractivity contribution is 5.46. The van der Waals surface area contributed by atoms with Gasteiger partial charge >= 0.3 is 0 Å². The van der Waals surface area contributed by atoms with Gasteiger partial charge in [-0.1, -0.05) is 0 Å². The Morgan fingerprint density at radius 3 is 2.00 bits per heavy atom. The summed E-state index contributed by atoms with van der Waals surface area (Å²) in [5, 5.41) is 19.4. The number of nitro groups is 2. The second-order valence-electron chi connectivity index (χ2n) is 2.17. The molecule has 0 unspecified atom stereocenters. The summed E-state index contributed by atoms with van der Waals surface area (Å²) in [7, 11) is 0. The Balaban J connectivity index is 2.81. The van der Waals surface area contributed by atoms with Gasteiger partial charge in [-0.2, -0.15) is 0 Å². The molecule has 0 aromatic heterocycles. The molecule has 0 bridgehead atoms. The van der Waals surface area contributed by atoms with E-state index in [0.717, 1.165) is 0 Å². The summed E-state index contributed by atoms with van der Waals surface area (Å²) in [4.78, 5) is 19.6. The molecule has 0 amide bonds. The van der Waals surface area contributed by atoms with Crippen molar-refractivity contribution in [2.75, 3.05) is 5.43 Å². The van der Waals surface area contributed by atoms with Crippen molar-refractivity contribution in [3.63, 3.8) is 0 Å². The standard InChI is InChI=1S/C6H5N3O4/c10-8(11)6-3-1-5(2-4-6)7-9(12)13/h1-4,7H. The lowest BCUT2D eigenvalue weighted by Crippen LogP contribution is -2.07. The van der Waals surface area contributed by atoms with Crippen LogP contribution in [0.25, 0.3) is 0 Å². The number of anilines is 1. The van der Waals surface area contributed by atoms with Crippen molar-refractivity contribution in [3.05, 3.63) is 44.5 Å². The summed E-state index contributed by atoms with van der Waals surface area (Å²) in [6.07, 6.45) is 0. The number of nitrogens with zero attached hydrogens (tertiary/aromatic N) is 2. The van der Waals surface area contributed by atoms with E-state index < -0.39 is 9.96 Å². The van der Waals surface area contributed by atoms with Crippen molar-refractivity contribution < 1.29 is 9.96 Å². The summed E-state index contributed by atoms with van der Waals surface area (Å²) in [6, 6.07) is 4.90. The molecule has 0 atom stereocenters. The number of benzene rings is 1. The van der Waals surface area contributed by atoms with Crippen molar-refractivity contribution in [1.29, 1.82) is 0 Å². The fraction of sp³-hybridized carbons (Fsp3) is 0. The molecule has 68 valence electrons. The van der Waals surface area contributed by atoms with E-state index in [1.807, 2.05) is 5.43 Å². The van der Waals surface area contributed by atoms with Gasteiger partial charge in [0.05, 0.1) is 4.92 Å². The molecule has 0 aliphatic rings. The van der Waals surface area contributed by atoms with Crippen LogP contribution in [-0.2, 0) is 0 Å². The summed E-state index contributed by atoms with van der Waals surface area (Å²) >= 11 is 0. The van der Waals surface area contributed by atoms with E-state index in [9.17, 15) is 20.2 Å². The fourth-order valence-electron chi connectivity index (χ4n) is 0.763. The first-order chi connectivity index (χ1) is 6.09. The first-order valence-corrected chi connectivity index (χ1v) is 3.25. The van der Waals surface area contributed by atoms with Crippen LogP contribution in [0, 0.1) is 20.2 Å². The summed E-state index contributed by atoms with van der Waals surface area (Å²) in [6.45, 7) is 0. The minimum absolute atomic E-state index is 0.103. The monoisotopic (exact) mass is 183 g/mol. The predicted molar refractivity (Wildman–Crippen MR) is 43.7 cm³/mol. The van der Waals surface area contributed by atoms with Gasteiger partial charge in [-0.05, 0) is 12.1 Å². The molecule has 0 spiro atoms. The lowest BCUT2D eigenvalue weighted by molar-refractivity contribution is -0.445. The number of hydrazine groups is 1. The van der Waals surface area contributed by atoms with E-state index in [1.165, 1.54) is 24.3 Å². The highest BCUT2D eigenvalue weighted by Gasteiger charge is 2.05. The first-order valence-electron chi connectivity index (χ1n) is 3.25. The van der Waals surface area contributed by atoms with Gasteiger partial charge in [-0.3, -0.25) is 10.1 Å². The highest BCUT2D eigenvalue weighted by atomic mass is 16.7. The topological polar surface area (TPSA) is 98.3 Å². The Hall–Kier alpha value is -2.18. The average molecular weight is 183 g/mol. The van der Waals surface area contributed by atoms with E-state index in [1.54, 1.807) is 0 Å². The van der Waals surface area contributed by atoms with Crippen molar-refractivity contribution in [2.45, 2.75) is 0 Å². The zero-order valence-corrected chi connectivity index (χ0v) is 6.34. The Bertz CT molecular complexity index is 334. The molecule has 7 nitrogen and oxygen atoms in total. The second-order valence-corrected chi connectivity index (χ2v) is 2.17. The van der Waals surface area contributed by atoms with Crippen molar-refractivity contribution >= 4 is 11.4 Å². The third kappa shape index (κ3) is 2.40. The first kappa shape index (κ1) is 8.91. The highest BCUT2D eigenvalue weighted by Crippen LogP contribution is 2.14. The summed E-state index contributed by atoms with van der Waals surface area (Å²) in [5.41, 5.74) is 1.97. The minimum Gasteiger partial charge on any atom is -0.258 e. The second kappa shape index (κ2) is 3.48. The molecule has 0 radical (unpaired) electrons. The normalized spacial score (nSPS) is 9.23. The quantitative estimate of drug-likeness (QED) is 0.560. The van der Waals surface area contributed by atoms with E-state index in [2.05, 4.69) is 0 Å². The van der Waals surface area contributed by atoms with Crippen LogP contribution in [0.5, 0.6) is 0 Å². The van der Waals surface area contributed by atoms with Crippen LogP contribution in [0.4, 0.5) is 11.4 Å². The fourth-order valence-corrected chi connectivity index (χ4v) is 0.763. The molecule has 0 heterocycles. The predicted octanol–water partition coefficient (Wildman–Crippen LogP) is 1.20. The van der Waals surface area contributed by atoms with Gasteiger partial charge in [0, 0.05) is 12.1 Å². The van der Waals surface area contributed by atoms with E-state index in [0.29, 0.717) is 0 Å². The SMILES string of the molecule is O=[N+]([O-])Nc1ccc([N+](=O)[O-])cc1. The minimum atomic E-state index is -0.735. The van der Waals surface area contributed by atoms with Crippen LogP contribution < -0.4 is 5.43 Å². The molecular weight excluding hydrogens is 178 g/mol. The molecule has 0 fully saturated rings. The lowest BCUT2D eigenvalue weighted by atomic mass is 10.3. The Morgan fingerprint density at radius 1 is 1.08 bits per heavy atom. The molecule has 1 aromatic rings. The maximum absolute atomic E-state index is 10.2. The molecule has 7 heteroatoms. The van der Waals surface area contributed by atoms with Crippen LogP contribution in [-0.4, -0.2) is 9.96 Å². The maximum atomic E-state index is 10.2. The number of nitrogens with one attached hydrogen (secondary N) is 1. The van der Waals surface area contributed by atoms with Gasteiger partial charge in [0.15, 0.2) is 5.03 Å². The van der Waals surface area contributed by atoms with Crippen LogP contribution in [0.1, 0.15) is 0 Å². The van der Waals surface area contributed by atoms with Crippen LogP contribution in [0.15, 0.2) is 24.3 Å². The smallest absolute Gasteiger partial charge is 0.258 e. The van der Waals surface area contributed by atoms with Gasteiger partial charge in [0.25, 0.3) is 5.69 Å². The van der Waals surface area contributed by atoms with Crippen LogP contribution >= 0.6 is 0 Å². The Labute approximate surface area is 72.3 Å². The zero-order chi connectivity index (χ0) is 9.84. The average Bonchev–Trinajstić information content (AvgIpc) is 2.04. The third-order valence-electron chi connectivity index (χ3n) is 1.30. The molecule has 1 aromatic carbocycles. The van der Waals surface area contributed by atoms with E-state index in [4.69, 9.17) is 0 Å². The van der Waals surface area contributed by atoms with E-state index in [-0.39, 0.29) is 11.4 Å². The molecule has 1 N–H and O–H groups in total. The summed E-state index contributed by atoms with van der Waals surface area (Å²) < 4.78 is 0. The number of rotatable bonds is 3.